The molecule has 0 atom stereocenters. The maximum atomic E-state index is 5.49. The lowest BCUT2D eigenvalue weighted by molar-refractivity contribution is 0.416. The monoisotopic (exact) mass is 363 g/mol. The molecule has 0 amide bonds. The predicted molar refractivity (Wildman–Crippen MR) is 87.6 cm³/mol. The number of benzene rings is 2. The molecule has 0 aliphatic heterocycles. The first-order chi connectivity index (χ1) is 9.24. The topological polar surface area (TPSA) is 14.2 Å². The van der Waals surface area contributed by atoms with Crippen LogP contribution in [-0.2, 0) is 7.05 Å². The molecule has 1 heterocycles. The van der Waals surface area contributed by atoms with Crippen LogP contribution < -0.4 is 4.74 Å². The van der Waals surface area contributed by atoms with Crippen molar-refractivity contribution in [1.29, 1.82) is 0 Å². The highest BCUT2D eigenvalue weighted by atomic mass is 127. The second-order valence-electron chi connectivity index (χ2n) is 4.44. The molecular formula is C16H14INO. The highest BCUT2D eigenvalue weighted by molar-refractivity contribution is 14.1. The van der Waals surface area contributed by atoms with Crippen molar-refractivity contribution in [2.24, 2.45) is 7.05 Å². The maximum Gasteiger partial charge on any atom is 0.128 e. The smallest absolute Gasteiger partial charge is 0.128 e. The Hall–Kier alpha value is -1.49. The Balaban J connectivity index is 2.37. The van der Waals surface area contributed by atoms with E-state index < -0.39 is 0 Å². The fourth-order valence-electron chi connectivity index (χ4n) is 2.49. The average Bonchev–Trinajstić information content (AvgIpc) is 2.71. The minimum absolute atomic E-state index is 0.909. The third-order valence-electron chi connectivity index (χ3n) is 3.41. The van der Waals surface area contributed by atoms with Crippen LogP contribution in [0.15, 0.2) is 48.5 Å². The average molecular weight is 363 g/mol. The number of methoxy groups -OCH3 is 1. The summed E-state index contributed by atoms with van der Waals surface area (Å²) in [5.41, 5.74) is 3.58. The van der Waals surface area contributed by atoms with Gasteiger partial charge in [0.05, 0.1) is 12.8 Å². The van der Waals surface area contributed by atoms with Gasteiger partial charge in [-0.15, -0.1) is 0 Å². The molecule has 0 unspecified atom stereocenters. The molecule has 96 valence electrons. The van der Waals surface area contributed by atoms with E-state index in [0.29, 0.717) is 0 Å². The normalized spacial score (nSPS) is 10.9. The van der Waals surface area contributed by atoms with Crippen molar-refractivity contribution in [3.63, 3.8) is 0 Å². The molecule has 0 aliphatic rings. The van der Waals surface area contributed by atoms with Crippen LogP contribution in [0, 0.1) is 3.57 Å². The van der Waals surface area contributed by atoms with Gasteiger partial charge in [0.2, 0.25) is 0 Å². The summed E-state index contributed by atoms with van der Waals surface area (Å²) in [6, 6.07) is 16.6. The molecule has 19 heavy (non-hydrogen) atoms. The van der Waals surface area contributed by atoms with Gasteiger partial charge in [0, 0.05) is 27.1 Å². The molecule has 0 spiro atoms. The Morgan fingerprint density at radius 1 is 1.00 bits per heavy atom. The van der Waals surface area contributed by atoms with Crippen molar-refractivity contribution < 1.29 is 4.74 Å². The van der Waals surface area contributed by atoms with Gasteiger partial charge < -0.3 is 9.30 Å². The van der Waals surface area contributed by atoms with Crippen molar-refractivity contribution in [2.75, 3.05) is 7.11 Å². The van der Waals surface area contributed by atoms with E-state index in [0.717, 1.165) is 11.3 Å². The van der Waals surface area contributed by atoms with Crippen molar-refractivity contribution in [3.8, 4) is 17.0 Å². The van der Waals surface area contributed by atoms with Crippen molar-refractivity contribution >= 4 is 33.5 Å². The van der Waals surface area contributed by atoms with Crippen LogP contribution in [0.2, 0.25) is 0 Å². The van der Waals surface area contributed by atoms with Crippen LogP contribution in [0.3, 0.4) is 0 Å². The molecule has 1 aromatic heterocycles. The summed E-state index contributed by atoms with van der Waals surface area (Å²) in [7, 11) is 3.82. The Bertz CT molecular complexity index is 707. The van der Waals surface area contributed by atoms with E-state index >= 15 is 0 Å². The molecule has 3 aromatic rings. The molecule has 0 radical (unpaired) electrons. The molecule has 0 saturated heterocycles. The molecule has 2 aromatic carbocycles. The van der Waals surface area contributed by atoms with Crippen LogP contribution in [0.4, 0.5) is 0 Å². The highest BCUT2D eigenvalue weighted by Gasteiger charge is 2.16. The van der Waals surface area contributed by atoms with Gasteiger partial charge >= 0.3 is 0 Å². The second-order valence-corrected chi connectivity index (χ2v) is 5.52. The third-order valence-corrected chi connectivity index (χ3v) is 4.50. The zero-order valence-electron chi connectivity index (χ0n) is 10.9. The van der Waals surface area contributed by atoms with Crippen LogP contribution in [0.25, 0.3) is 22.2 Å². The molecule has 3 rings (SSSR count). The van der Waals surface area contributed by atoms with Crippen LogP contribution in [0.1, 0.15) is 0 Å². The zero-order chi connectivity index (χ0) is 13.4. The predicted octanol–water partition coefficient (Wildman–Crippen LogP) is 4.46. The van der Waals surface area contributed by atoms with Crippen LogP contribution >= 0.6 is 22.6 Å². The highest BCUT2D eigenvalue weighted by Crippen LogP contribution is 2.38. The lowest BCUT2D eigenvalue weighted by atomic mass is 10.1. The molecule has 0 saturated carbocycles. The van der Waals surface area contributed by atoms with Crippen molar-refractivity contribution in [2.45, 2.75) is 0 Å². The fraction of sp³-hybridized carbons (Fsp3) is 0.125. The summed E-state index contributed by atoms with van der Waals surface area (Å²) >= 11 is 2.42. The van der Waals surface area contributed by atoms with Gasteiger partial charge in [0.1, 0.15) is 5.75 Å². The van der Waals surface area contributed by atoms with E-state index in [1.54, 1.807) is 7.11 Å². The first kappa shape index (κ1) is 12.5. The van der Waals surface area contributed by atoms with E-state index in [2.05, 4.69) is 64.5 Å². The molecule has 0 N–H and O–H groups in total. The maximum absolute atomic E-state index is 5.49. The standard InChI is InChI=1S/C16H14INO/c1-18-13-9-5-3-7-11(13)15(17)16(18)12-8-4-6-10-14(12)19-2/h3-10H,1-2H3. The number of aryl methyl sites for hydroxylation is 1. The first-order valence-corrected chi connectivity index (χ1v) is 7.18. The Labute approximate surface area is 126 Å². The van der Waals surface area contributed by atoms with Gasteiger partial charge in [0.25, 0.3) is 0 Å². The number of nitrogens with zero attached hydrogens (tertiary/aromatic N) is 1. The summed E-state index contributed by atoms with van der Waals surface area (Å²) in [6.45, 7) is 0. The second kappa shape index (κ2) is 4.89. The third kappa shape index (κ3) is 1.92. The minimum Gasteiger partial charge on any atom is -0.496 e. The van der Waals surface area contributed by atoms with Crippen LogP contribution in [-0.4, -0.2) is 11.7 Å². The number of aromatic nitrogens is 1. The lowest BCUT2D eigenvalue weighted by Crippen LogP contribution is -1.95. The van der Waals surface area contributed by atoms with Crippen molar-refractivity contribution in [1.82, 2.24) is 4.57 Å². The molecule has 3 heteroatoms. The van der Waals surface area contributed by atoms with E-state index in [-0.39, 0.29) is 0 Å². The number of ether oxygens (including phenoxy) is 1. The summed E-state index contributed by atoms with van der Waals surface area (Å²) in [4.78, 5) is 0. The first-order valence-electron chi connectivity index (χ1n) is 6.10. The Morgan fingerprint density at radius 3 is 2.42 bits per heavy atom. The summed E-state index contributed by atoms with van der Waals surface area (Å²) < 4.78 is 8.98. The van der Waals surface area contributed by atoms with E-state index in [1.165, 1.54) is 20.2 Å². The number of fused-ring (bicyclic) bond motifs is 1. The minimum atomic E-state index is 0.909. The molecule has 0 fully saturated rings. The Kier molecular flexibility index (Phi) is 3.22. The van der Waals surface area contributed by atoms with Gasteiger partial charge in [0.15, 0.2) is 0 Å². The molecule has 0 aliphatic carbocycles. The van der Waals surface area contributed by atoms with E-state index in [9.17, 15) is 0 Å². The summed E-state index contributed by atoms with van der Waals surface area (Å²) in [5.74, 6) is 0.909. The molecule has 2 nitrogen and oxygen atoms in total. The number of hydrogen-bond donors (Lipinski definition) is 0. The molecule has 0 bridgehead atoms. The van der Waals surface area contributed by atoms with Gasteiger partial charge in [-0.25, -0.2) is 0 Å². The van der Waals surface area contributed by atoms with Crippen molar-refractivity contribution in [3.05, 3.63) is 52.1 Å². The largest absolute Gasteiger partial charge is 0.496 e. The van der Waals surface area contributed by atoms with E-state index in [1.807, 2.05) is 18.2 Å². The van der Waals surface area contributed by atoms with E-state index in [4.69, 9.17) is 4.74 Å². The lowest BCUT2D eigenvalue weighted by Gasteiger charge is -2.10. The number of para-hydroxylation sites is 2. The quantitative estimate of drug-likeness (QED) is 0.614. The zero-order valence-corrected chi connectivity index (χ0v) is 13.0. The Morgan fingerprint density at radius 2 is 1.68 bits per heavy atom. The SMILES string of the molecule is COc1ccccc1-c1c(I)c2ccccc2n1C. The van der Waals surface area contributed by atoms with Gasteiger partial charge in [-0.05, 0) is 40.8 Å². The summed E-state index contributed by atoms with van der Waals surface area (Å²) in [6.07, 6.45) is 0. The molecular weight excluding hydrogens is 349 g/mol. The fourth-order valence-corrected chi connectivity index (χ4v) is 3.59. The van der Waals surface area contributed by atoms with Gasteiger partial charge in [-0.2, -0.15) is 0 Å². The summed E-state index contributed by atoms with van der Waals surface area (Å²) in [5, 5.41) is 1.28. The number of halogens is 1. The van der Waals surface area contributed by atoms with Gasteiger partial charge in [-0.1, -0.05) is 30.3 Å². The van der Waals surface area contributed by atoms with Crippen LogP contribution in [0.5, 0.6) is 5.75 Å². The van der Waals surface area contributed by atoms with Gasteiger partial charge in [-0.3, -0.25) is 0 Å². The number of rotatable bonds is 2. The number of hydrogen-bond acceptors (Lipinski definition) is 1.